The lowest BCUT2D eigenvalue weighted by Gasteiger charge is -2.34. The minimum absolute atomic E-state index is 0.0610. The van der Waals surface area contributed by atoms with Crippen molar-refractivity contribution >= 4 is 39.1 Å². The third-order valence-electron chi connectivity index (χ3n) is 6.42. The lowest BCUT2D eigenvalue weighted by Crippen LogP contribution is -2.53. The molecule has 3 aromatic rings. The van der Waals surface area contributed by atoms with Gasteiger partial charge in [-0.15, -0.1) is 0 Å². The van der Waals surface area contributed by atoms with Crippen molar-refractivity contribution in [1.29, 1.82) is 0 Å². The molecule has 1 atom stereocenters. The van der Waals surface area contributed by atoms with Gasteiger partial charge in [-0.1, -0.05) is 60.5 Å². The second kappa shape index (κ2) is 13.1. The Labute approximate surface area is 236 Å². The van der Waals surface area contributed by atoms with Gasteiger partial charge in [0, 0.05) is 17.6 Å². The molecule has 0 aliphatic carbocycles. The van der Waals surface area contributed by atoms with Crippen LogP contribution in [0.2, 0.25) is 5.02 Å². The molecule has 0 spiro atoms. The van der Waals surface area contributed by atoms with Crippen molar-refractivity contribution in [2.75, 3.05) is 10.8 Å². The number of hydrogen-bond acceptors (Lipinski definition) is 4. The molecule has 0 bridgehead atoms. The van der Waals surface area contributed by atoms with Crippen molar-refractivity contribution in [3.8, 4) is 0 Å². The number of aryl methyl sites for hydroxylation is 2. The molecule has 0 saturated heterocycles. The average Bonchev–Trinajstić information content (AvgIpc) is 2.88. The van der Waals surface area contributed by atoms with E-state index in [4.69, 9.17) is 11.6 Å². The molecular weight excluding hydrogens is 534 g/mol. The summed E-state index contributed by atoms with van der Waals surface area (Å²) in [7, 11) is -4.12. The van der Waals surface area contributed by atoms with Crippen LogP contribution in [0.15, 0.2) is 77.7 Å². The highest BCUT2D eigenvalue weighted by atomic mass is 35.5. The van der Waals surface area contributed by atoms with Crippen LogP contribution >= 0.6 is 11.6 Å². The summed E-state index contributed by atoms with van der Waals surface area (Å²) in [5, 5.41) is 3.34. The fraction of sp³-hybridized carbons (Fsp3) is 0.333. The number of carbonyl (C=O) groups is 2. The first-order chi connectivity index (χ1) is 18.4. The maximum atomic E-state index is 14.0. The molecule has 0 aliphatic heterocycles. The second-order valence-corrected chi connectivity index (χ2v) is 12.1. The van der Waals surface area contributed by atoms with Crippen LogP contribution in [0.5, 0.6) is 0 Å². The Morgan fingerprint density at radius 1 is 0.923 bits per heavy atom. The Morgan fingerprint density at radius 3 is 2.10 bits per heavy atom. The van der Waals surface area contributed by atoms with E-state index in [9.17, 15) is 18.0 Å². The second-order valence-electron chi connectivity index (χ2n) is 9.84. The summed E-state index contributed by atoms with van der Waals surface area (Å²) in [6.07, 6.45) is 0.363. The third kappa shape index (κ3) is 7.61. The van der Waals surface area contributed by atoms with E-state index >= 15 is 0 Å². The van der Waals surface area contributed by atoms with E-state index in [0.717, 1.165) is 21.0 Å². The van der Waals surface area contributed by atoms with E-state index in [0.29, 0.717) is 17.1 Å². The number of carbonyl (C=O) groups excluding carboxylic acids is 2. The van der Waals surface area contributed by atoms with Gasteiger partial charge in [-0.3, -0.25) is 13.9 Å². The van der Waals surface area contributed by atoms with Crippen molar-refractivity contribution < 1.29 is 18.0 Å². The molecule has 1 N–H and O–H groups in total. The average molecular weight is 570 g/mol. The predicted octanol–water partition coefficient (Wildman–Crippen LogP) is 5.48. The van der Waals surface area contributed by atoms with Crippen LogP contribution in [-0.2, 0) is 26.2 Å². The molecule has 3 aromatic carbocycles. The van der Waals surface area contributed by atoms with Gasteiger partial charge < -0.3 is 10.2 Å². The molecule has 208 valence electrons. The van der Waals surface area contributed by atoms with Gasteiger partial charge in [-0.25, -0.2) is 8.42 Å². The van der Waals surface area contributed by atoms with E-state index in [2.05, 4.69) is 5.32 Å². The number of nitrogens with one attached hydrogen (secondary N) is 1. The molecule has 0 aromatic heterocycles. The Morgan fingerprint density at radius 2 is 1.54 bits per heavy atom. The van der Waals surface area contributed by atoms with Gasteiger partial charge in [0.15, 0.2) is 0 Å². The van der Waals surface area contributed by atoms with E-state index in [1.807, 2.05) is 58.9 Å². The summed E-state index contributed by atoms with van der Waals surface area (Å²) in [6.45, 7) is 9.03. The monoisotopic (exact) mass is 569 g/mol. The molecule has 9 heteroatoms. The number of sulfonamides is 1. The Kier molecular flexibility index (Phi) is 10.2. The zero-order valence-electron chi connectivity index (χ0n) is 23.0. The van der Waals surface area contributed by atoms with Crippen molar-refractivity contribution in [2.45, 2.75) is 64.6 Å². The van der Waals surface area contributed by atoms with Gasteiger partial charge in [0.05, 0.1) is 10.6 Å². The molecule has 39 heavy (non-hydrogen) atoms. The van der Waals surface area contributed by atoms with Crippen LogP contribution in [0.3, 0.4) is 0 Å². The number of hydrogen-bond donors (Lipinski definition) is 1. The van der Waals surface area contributed by atoms with Gasteiger partial charge >= 0.3 is 0 Å². The zero-order chi connectivity index (χ0) is 28.7. The summed E-state index contributed by atoms with van der Waals surface area (Å²) in [4.78, 5) is 28.8. The summed E-state index contributed by atoms with van der Waals surface area (Å²) in [6, 6.07) is 19.5. The van der Waals surface area contributed by atoms with Crippen LogP contribution in [0.1, 0.15) is 43.9 Å². The zero-order valence-corrected chi connectivity index (χ0v) is 24.6. The Balaban J connectivity index is 2.07. The summed E-state index contributed by atoms with van der Waals surface area (Å²) < 4.78 is 28.8. The lowest BCUT2D eigenvalue weighted by molar-refractivity contribution is -0.140. The number of rotatable bonds is 11. The topological polar surface area (TPSA) is 86.8 Å². The number of benzene rings is 3. The Hall–Kier alpha value is -3.36. The summed E-state index contributed by atoms with van der Waals surface area (Å²) in [5.41, 5.74) is 3.05. The fourth-order valence-corrected chi connectivity index (χ4v) is 5.78. The number of amides is 2. The molecule has 0 saturated carbocycles. The van der Waals surface area contributed by atoms with Crippen molar-refractivity contribution in [1.82, 2.24) is 10.2 Å². The molecular formula is C30H36ClN3O4S. The van der Waals surface area contributed by atoms with Crippen LogP contribution in [0, 0.1) is 13.8 Å². The van der Waals surface area contributed by atoms with Gasteiger partial charge in [0.2, 0.25) is 11.8 Å². The smallest absolute Gasteiger partial charge is 0.264 e. The molecule has 0 aliphatic rings. The predicted molar refractivity (Wildman–Crippen MR) is 156 cm³/mol. The molecule has 2 amide bonds. The first-order valence-corrected chi connectivity index (χ1v) is 14.7. The standard InChI is InChI=1S/C30H36ClN3O4S/c1-6-28(30(36)32-21(2)3)33(19-24-10-8-7-9-23(24)5)29(35)20-34(26-15-13-25(31)14-16-26)39(37,38)27-17-11-22(4)12-18-27/h7-18,21,28H,6,19-20H2,1-5H3,(H,32,36)/t28-/m0/s1. The lowest BCUT2D eigenvalue weighted by atomic mass is 10.1. The first-order valence-electron chi connectivity index (χ1n) is 12.9. The first kappa shape index (κ1) is 30.2. The number of halogens is 1. The highest BCUT2D eigenvalue weighted by molar-refractivity contribution is 7.92. The largest absolute Gasteiger partial charge is 0.352 e. The minimum atomic E-state index is -4.12. The van der Waals surface area contributed by atoms with Crippen LogP contribution < -0.4 is 9.62 Å². The minimum Gasteiger partial charge on any atom is -0.352 e. The van der Waals surface area contributed by atoms with E-state index < -0.39 is 28.5 Å². The SMILES string of the molecule is CC[C@@H](C(=O)NC(C)C)N(Cc1ccccc1C)C(=O)CN(c1ccc(Cl)cc1)S(=O)(=O)c1ccc(C)cc1. The molecule has 0 heterocycles. The molecule has 0 unspecified atom stereocenters. The summed E-state index contributed by atoms with van der Waals surface area (Å²) in [5.74, 6) is -0.775. The molecule has 3 rings (SSSR count). The van der Waals surface area contributed by atoms with Crippen LogP contribution in [-0.4, -0.2) is 43.8 Å². The number of anilines is 1. The van der Waals surface area contributed by atoms with Crippen molar-refractivity contribution in [2.24, 2.45) is 0 Å². The van der Waals surface area contributed by atoms with Crippen molar-refractivity contribution in [3.63, 3.8) is 0 Å². The van der Waals surface area contributed by atoms with Gasteiger partial charge in [-0.2, -0.15) is 0 Å². The molecule has 7 nitrogen and oxygen atoms in total. The van der Waals surface area contributed by atoms with Gasteiger partial charge in [0.25, 0.3) is 10.0 Å². The van der Waals surface area contributed by atoms with E-state index in [1.165, 1.54) is 17.0 Å². The van der Waals surface area contributed by atoms with Crippen LogP contribution in [0.4, 0.5) is 5.69 Å². The third-order valence-corrected chi connectivity index (χ3v) is 8.46. The van der Waals surface area contributed by atoms with Crippen LogP contribution in [0.25, 0.3) is 0 Å². The summed E-state index contributed by atoms with van der Waals surface area (Å²) >= 11 is 6.08. The normalized spacial score (nSPS) is 12.2. The molecule has 0 fully saturated rings. The van der Waals surface area contributed by atoms with E-state index in [1.54, 1.807) is 36.4 Å². The molecule has 0 radical (unpaired) electrons. The highest BCUT2D eigenvalue weighted by Gasteiger charge is 2.34. The number of nitrogens with zero attached hydrogens (tertiary/aromatic N) is 2. The quantitative estimate of drug-likeness (QED) is 0.331. The van der Waals surface area contributed by atoms with Gasteiger partial charge in [-0.05, 0) is 81.6 Å². The van der Waals surface area contributed by atoms with Gasteiger partial charge in [0.1, 0.15) is 12.6 Å². The fourth-order valence-electron chi connectivity index (χ4n) is 4.24. The highest BCUT2D eigenvalue weighted by Crippen LogP contribution is 2.26. The maximum Gasteiger partial charge on any atom is 0.264 e. The van der Waals surface area contributed by atoms with E-state index in [-0.39, 0.29) is 23.4 Å². The maximum absolute atomic E-state index is 14.0. The van der Waals surface area contributed by atoms with Crippen molar-refractivity contribution in [3.05, 3.63) is 94.5 Å². The Bertz CT molecular complexity index is 1390.